The summed E-state index contributed by atoms with van der Waals surface area (Å²) in [5.74, 6) is 0. The van der Waals surface area contributed by atoms with Crippen molar-refractivity contribution in [1.29, 1.82) is 0 Å². The first kappa shape index (κ1) is 14.0. The predicted octanol–water partition coefficient (Wildman–Crippen LogP) is 3.57. The lowest BCUT2D eigenvalue weighted by Crippen LogP contribution is -1.77. The second-order valence-electron chi connectivity index (χ2n) is 2.31. The second kappa shape index (κ2) is 16.8. The van der Waals surface area contributed by atoms with Gasteiger partial charge in [-0.05, 0) is 19.8 Å². The molecule has 0 rings (SSSR count). The maximum Gasteiger partial charge on any atom is 0.0643 e. The van der Waals surface area contributed by atoms with Crippen LogP contribution in [0, 0.1) is 0 Å². The summed E-state index contributed by atoms with van der Waals surface area (Å²) in [5, 5.41) is 0. The fourth-order valence-corrected chi connectivity index (χ4v) is 0.526. The number of rotatable bonds is 4. The Labute approximate surface area is 77.1 Å². The largest absolute Gasteiger partial charge is 0.381 e. The van der Waals surface area contributed by atoms with Gasteiger partial charge in [0, 0.05) is 7.11 Å². The van der Waals surface area contributed by atoms with Crippen molar-refractivity contribution < 1.29 is 4.74 Å². The standard InChI is InChI=1S/C6H12.C5H10O/c1-3-5-6-4-2;1-3-4-5-6-2/h5-6H,3-4H2,1-2H3;3-4H,5H2,1-2H3/b6-5+;4-3-. The highest BCUT2D eigenvalue weighted by Crippen LogP contribution is 1.81. The molecule has 0 radical (unpaired) electrons. The topological polar surface area (TPSA) is 9.23 Å². The van der Waals surface area contributed by atoms with Crippen LogP contribution in [0.15, 0.2) is 24.3 Å². The summed E-state index contributed by atoms with van der Waals surface area (Å²) >= 11 is 0. The summed E-state index contributed by atoms with van der Waals surface area (Å²) in [6.07, 6.45) is 10.6. The summed E-state index contributed by atoms with van der Waals surface area (Å²) in [5.41, 5.74) is 0. The lowest BCUT2D eigenvalue weighted by Gasteiger charge is -1.81. The number of ether oxygens (including phenoxy) is 1. The highest BCUT2D eigenvalue weighted by atomic mass is 16.5. The van der Waals surface area contributed by atoms with Crippen LogP contribution in [0.1, 0.15) is 33.6 Å². The molecule has 0 heterocycles. The Balaban J connectivity index is 0. The van der Waals surface area contributed by atoms with Crippen LogP contribution in [-0.2, 0) is 4.74 Å². The van der Waals surface area contributed by atoms with Crippen molar-refractivity contribution in [3.05, 3.63) is 24.3 Å². The van der Waals surface area contributed by atoms with Crippen LogP contribution >= 0.6 is 0 Å². The Hall–Kier alpha value is -0.560. The van der Waals surface area contributed by atoms with Gasteiger partial charge in [0.1, 0.15) is 0 Å². The molecule has 0 bridgehead atoms. The minimum absolute atomic E-state index is 0.733. The summed E-state index contributed by atoms with van der Waals surface area (Å²) in [6.45, 7) is 6.99. The van der Waals surface area contributed by atoms with E-state index in [9.17, 15) is 0 Å². The highest BCUT2D eigenvalue weighted by Gasteiger charge is 1.62. The Bertz CT molecular complexity index is 97.6. The van der Waals surface area contributed by atoms with Gasteiger partial charge >= 0.3 is 0 Å². The van der Waals surface area contributed by atoms with E-state index in [2.05, 4.69) is 26.0 Å². The van der Waals surface area contributed by atoms with Gasteiger partial charge in [-0.15, -0.1) is 0 Å². The maximum absolute atomic E-state index is 4.70. The van der Waals surface area contributed by atoms with Crippen LogP contribution in [0.5, 0.6) is 0 Å². The molecule has 1 nitrogen and oxygen atoms in total. The van der Waals surface area contributed by atoms with E-state index >= 15 is 0 Å². The minimum Gasteiger partial charge on any atom is -0.381 e. The first-order valence-corrected chi connectivity index (χ1v) is 4.58. The van der Waals surface area contributed by atoms with Crippen molar-refractivity contribution in [3.63, 3.8) is 0 Å². The van der Waals surface area contributed by atoms with Crippen molar-refractivity contribution in [1.82, 2.24) is 0 Å². The Kier molecular flexibility index (Phi) is 19.6. The quantitative estimate of drug-likeness (QED) is 0.586. The first-order chi connectivity index (χ1) is 5.83. The third kappa shape index (κ3) is 22.7. The molecule has 0 aliphatic rings. The molecule has 0 aliphatic heterocycles. The minimum atomic E-state index is 0.733. The number of hydrogen-bond donors (Lipinski definition) is 0. The second-order valence-corrected chi connectivity index (χ2v) is 2.31. The molecule has 0 amide bonds. The van der Waals surface area contributed by atoms with Gasteiger partial charge in [0.15, 0.2) is 0 Å². The van der Waals surface area contributed by atoms with Gasteiger partial charge in [-0.3, -0.25) is 0 Å². The zero-order valence-corrected chi connectivity index (χ0v) is 8.84. The van der Waals surface area contributed by atoms with Gasteiger partial charge in [-0.2, -0.15) is 0 Å². The molecule has 0 aromatic heterocycles. The van der Waals surface area contributed by atoms with E-state index in [0.717, 1.165) is 6.61 Å². The highest BCUT2D eigenvalue weighted by molar-refractivity contribution is 4.77. The summed E-state index contributed by atoms with van der Waals surface area (Å²) in [6, 6.07) is 0. The van der Waals surface area contributed by atoms with Gasteiger partial charge in [-0.1, -0.05) is 38.2 Å². The van der Waals surface area contributed by atoms with Crippen molar-refractivity contribution in [2.45, 2.75) is 33.6 Å². The van der Waals surface area contributed by atoms with Gasteiger partial charge in [0.25, 0.3) is 0 Å². The summed E-state index contributed by atoms with van der Waals surface area (Å²) in [7, 11) is 1.68. The van der Waals surface area contributed by atoms with Crippen molar-refractivity contribution in [3.8, 4) is 0 Å². The zero-order valence-electron chi connectivity index (χ0n) is 8.84. The molecule has 72 valence electrons. The lowest BCUT2D eigenvalue weighted by molar-refractivity contribution is 0.234. The smallest absolute Gasteiger partial charge is 0.0643 e. The molecular weight excluding hydrogens is 148 g/mol. The molecule has 0 aliphatic carbocycles. The van der Waals surface area contributed by atoms with Crippen molar-refractivity contribution in [2.24, 2.45) is 0 Å². The Morgan fingerprint density at radius 3 is 1.67 bits per heavy atom. The van der Waals surface area contributed by atoms with Crippen LogP contribution in [-0.4, -0.2) is 13.7 Å². The monoisotopic (exact) mass is 170 g/mol. The average Bonchev–Trinajstić information content (AvgIpc) is 2.12. The molecule has 12 heavy (non-hydrogen) atoms. The third-order valence-electron chi connectivity index (χ3n) is 1.14. The Morgan fingerprint density at radius 2 is 1.50 bits per heavy atom. The van der Waals surface area contributed by atoms with Gasteiger partial charge < -0.3 is 4.74 Å². The molecule has 0 spiro atoms. The van der Waals surface area contributed by atoms with E-state index in [1.54, 1.807) is 7.11 Å². The fourth-order valence-electron chi connectivity index (χ4n) is 0.526. The van der Waals surface area contributed by atoms with Crippen LogP contribution in [0.25, 0.3) is 0 Å². The molecule has 1 heteroatoms. The molecular formula is C11H22O. The normalized spacial score (nSPS) is 10.3. The zero-order chi connectivity index (χ0) is 9.66. The molecule has 0 N–H and O–H groups in total. The van der Waals surface area contributed by atoms with E-state index in [4.69, 9.17) is 4.74 Å². The number of methoxy groups -OCH3 is 1. The van der Waals surface area contributed by atoms with E-state index in [0.29, 0.717) is 0 Å². The molecule has 0 aromatic rings. The third-order valence-corrected chi connectivity index (χ3v) is 1.14. The van der Waals surface area contributed by atoms with Gasteiger partial charge in [0.05, 0.1) is 6.61 Å². The summed E-state index contributed by atoms with van der Waals surface area (Å²) in [4.78, 5) is 0. The predicted molar refractivity (Wildman–Crippen MR) is 56.4 cm³/mol. The Morgan fingerprint density at radius 1 is 1.00 bits per heavy atom. The van der Waals surface area contributed by atoms with E-state index in [1.165, 1.54) is 12.8 Å². The van der Waals surface area contributed by atoms with Gasteiger partial charge in [-0.25, -0.2) is 0 Å². The fraction of sp³-hybridized carbons (Fsp3) is 0.636. The van der Waals surface area contributed by atoms with Crippen LogP contribution in [0.3, 0.4) is 0 Å². The van der Waals surface area contributed by atoms with Crippen molar-refractivity contribution >= 4 is 0 Å². The van der Waals surface area contributed by atoms with Gasteiger partial charge in [0.2, 0.25) is 0 Å². The van der Waals surface area contributed by atoms with Crippen LogP contribution in [0.2, 0.25) is 0 Å². The molecule has 0 atom stereocenters. The molecule has 0 saturated heterocycles. The average molecular weight is 170 g/mol. The van der Waals surface area contributed by atoms with Crippen LogP contribution < -0.4 is 0 Å². The molecule has 0 aromatic carbocycles. The SMILES string of the molecule is C/C=C\COC.CC/C=C/CC. The lowest BCUT2D eigenvalue weighted by atomic mass is 10.4. The van der Waals surface area contributed by atoms with Crippen molar-refractivity contribution in [2.75, 3.05) is 13.7 Å². The van der Waals surface area contributed by atoms with E-state index in [-0.39, 0.29) is 0 Å². The number of hydrogen-bond acceptors (Lipinski definition) is 1. The first-order valence-electron chi connectivity index (χ1n) is 4.58. The van der Waals surface area contributed by atoms with E-state index < -0.39 is 0 Å². The molecule has 0 saturated carbocycles. The number of allylic oxidation sites excluding steroid dienone is 3. The molecule has 0 unspecified atom stereocenters. The molecule has 0 fully saturated rings. The van der Waals surface area contributed by atoms with E-state index in [1.807, 2.05) is 19.1 Å². The maximum atomic E-state index is 4.70. The van der Waals surface area contributed by atoms with Crippen LogP contribution in [0.4, 0.5) is 0 Å². The summed E-state index contributed by atoms with van der Waals surface area (Å²) < 4.78 is 4.70.